The van der Waals surface area contributed by atoms with E-state index >= 15 is 0 Å². The van der Waals surface area contributed by atoms with Crippen LogP contribution in [0.2, 0.25) is 0 Å². The van der Waals surface area contributed by atoms with E-state index in [1.807, 2.05) is 60.7 Å². The summed E-state index contributed by atoms with van der Waals surface area (Å²) in [7, 11) is 0. The second kappa shape index (κ2) is 8.86. The number of hydrogen-bond acceptors (Lipinski definition) is 2. The van der Waals surface area contributed by atoms with Crippen molar-refractivity contribution in [3.05, 3.63) is 189 Å². The summed E-state index contributed by atoms with van der Waals surface area (Å²) >= 11 is 0. The molecule has 0 saturated carbocycles. The van der Waals surface area contributed by atoms with Crippen LogP contribution in [0.5, 0.6) is 0 Å². The van der Waals surface area contributed by atoms with Crippen LogP contribution in [0.15, 0.2) is 155 Å². The van der Waals surface area contributed by atoms with Crippen molar-refractivity contribution in [2.24, 2.45) is 0 Å². The summed E-state index contributed by atoms with van der Waals surface area (Å²) in [6.07, 6.45) is 0. The summed E-state index contributed by atoms with van der Waals surface area (Å²) in [6.45, 7) is 0. The normalized spacial score (nSPS) is 14.0. The largest absolute Gasteiger partial charge is 0.458 e. The summed E-state index contributed by atoms with van der Waals surface area (Å²) < 4.78 is 6.87. The molecule has 2 heteroatoms. The van der Waals surface area contributed by atoms with Gasteiger partial charge in [-0.05, 0) is 40.0 Å². The molecule has 7 rings (SSSR count). The van der Waals surface area contributed by atoms with Crippen LogP contribution < -0.4 is 5.43 Å². The molecular formula is C36H24O2. The van der Waals surface area contributed by atoms with E-state index in [0.29, 0.717) is 22.3 Å². The first-order chi connectivity index (χ1) is 18.8. The zero-order valence-electron chi connectivity index (χ0n) is 20.7. The molecule has 38 heavy (non-hydrogen) atoms. The van der Waals surface area contributed by atoms with Crippen LogP contribution in [0.3, 0.4) is 0 Å². The molecule has 0 bridgehead atoms. The minimum atomic E-state index is -0.840. The number of para-hydroxylation sites is 1. The molecule has 0 unspecified atom stereocenters. The monoisotopic (exact) mass is 488 g/mol. The summed E-state index contributed by atoms with van der Waals surface area (Å²) in [5, 5.41) is 0.587. The van der Waals surface area contributed by atoms with Crippen LogP contribution in [0.1, 0.15) is 33.6 Å². The topological polar surface area (TPSA) is 30.2 Å². The first-order valence-corrected chi connectivity index (χ1v) is 12.8. The Labute approximate surface area is 221 Å². The van der Waals surface area contributed by atoms with Gasteiger partial charge in [0.15, 0.2) is 0 Å². The van der Waals surface area contributed by atoms with E-state index in [0.717, 1.165) is 33.4 Å². The second-order valence-corrected chi connectivity index (χ2v) is 9.60. The Morgan fingerprint density at radius 3 is 1.55 bits per heavy atom. The molecule has 0 atom stereocenters. The third kappa shape index (κ3) is 3.17. The summed E-state index contributed by atoms with van der Waals surface area (Å²) in [6, 6.07) is 49.0. The van der Waals surface area contributed by atoms with E-state index in [-0.39, 0.29) is 5.43 Å². The SMILES string of the molecule is O=c1c2c(oc3ccccc13)C(c1ccccc1)(c1ccccc1)C(c1ccccc1)=C2c1ccccc1. The quantitative estimate of drug-likeness (QED) is 0.251. The zero-order chi connectivity index (χ0) is 25.5. The van der Waals surface area contributed by atoms with Gasteiger partial charge in [-0.25, -0.2) is 0 Å². The van der Waals surface area contributed by atoms with Gasteiger partial charge >= 0.3 is 0 Å². The van der Waals surface area contributed by atoms with Crippen LogP contribution in [0.25, 0.3) is 22.1 Å². The molecule has 1 aromatic heterocycles. The van der Waals surface area contributed by atoms with E-state index in [1.54, 1.807) is 0 Å². The molecule has 0 radical (unpaired) electrons. The molecule has 5 aromatic carbocycles. The van der Waals surface area contributed by atoms with E-state index in [4.69, 9.17) is 4.42 Å². The van der Waals surface area contributed by atoms with Crippen molar-refractivity contribution < 1.29 is 4.42 Å². The Kier molecular flexibility index (Phi) is 5.19. The molecule has 0 aliphatic heterocycles. The van der Waals surface area contributed by atoms with E-state index < -0.39 is 5.41 Å². The predicted molar refractivity (Wildman–Crippen MR) is 154 cm³/mol. The van der Waals surface area contributed by atoms with E-state index in [9.17, 15) is 4.79 Å². The maximum absolute atomic E-state index is 14.4. The van der Waals surface area contributed by atoms with Gasteiger partial charge in [-0.2, -0.15) is 0 Å². The molecule has 1 heterocycles. The molecule has 180 valence electrons. The number of benzene rings is 5. The molecule has 0 amide bonds. The standard InChI is InChI=1S/C36H24O2/c37-34-29-23-13-14-24-30(29)38-35-32(34)31(25-15-5-1-6-16-25)33(26-17-7-2-8-18-26)36(35,27-19-9-3-10-20-27)28-21-11-4-12-22-28/h1-24H. The minimum absolute atomic E-state index is 0.0112. The first kappa shape index (κ1) is 22.3. The lowest BCUT2D eigenvalue weighted by Crippen LogP contribution is -2.30. The van der Waals surface area contributed by atoms with Crippen LogP contribution in [0.4, 0.5) is 0 Å². The predicted octanol–water partition coefficient (Wildman–Crippen LogP) is 8.10. The van der Waals surface area contributed by atoms with Crippen LogP contribution >= 0.6 is 0 Å². The van der Waals surface area contributed by atoms with Crippen LogP contribution in [-0.2, 0) is 5.41 Å². The smallest absolute Gasteiger partial charge is 0.200 e. The Morgan fingerprint density at radius 2 is 0.974 bits per heavy atom. The van der Waals surface area contributed by atoms with Crippen molar-refractivity contribution >= 4 is 22.1 Å². The van der Waals surface area contributed by atoms with E-state index in [2.05, 4.69) is 84.9 Å². The first-order valence-electron chi connectivity index (χ1n) is 12.8. The average molecular weight is 489 g/mol. The summed E-state index contributed by atoms with van der Waals surface area (Å²) in [4.78, 5) is 14.4. The highest BCUT2D eigenvalue weighted by molar-refractivity contribution is 6.10. The second-order valence-electron chi connectivity index (χ2n) is 9.60. The highest BCUT2D eigenvalue weighted by Crippen LogP contribution is 2.59. The van der Waals surface area contributed by atoms with Gasteiger partial charge in [-0.15, -0.1) is 0 Å². The maximum atomic E-state index is 14.4. The fourth-order valence-electron chi connectivity index (χ4n) is 6.01. The van der Waals surface area contributed by atoms with Crippen molar-refractivity contribution in [3.8, 4) is 0 Å². The molecule has 0 N–H and O–H groups in total. The fraction of sp³-hybridized carbons (Fsp3) is 0.0278. The molecule has 0 saturated heterocycles. The van der Waals surface area contributed by atoms with Crippen LogP contribution in [0, 0.1) is 0 Å². The van der Waals surface area contributed by atoms with Gasteiger partial charge in [0.25, 0.3) is 0 Å². The molecular weight excluding hydrogens is 464 g/mol. The third-order valence-corrected chi connectivity index (χ3v) is 7.55. The molecule has 1 aliphatic rings. The Hall–Kier alpha value is -4.95. The fourth-order valence-corrected chi connectivity index (χ4v) is 6.01. The van der Waals surface area contributed by atoms with Gasteiger partial charge in [0.1, 0.15) is 16.8 Å². The van der Waals surface area contributed by atoms with Gasteiger partial charge in [0, 0.05) is 5.57 Å². The van der Waals surface area contributed by atoms with Gasteiger partial charge in [-0.3, -0.25) is 4.79 Å². The number of allylic oxidation sites excluding steroid dienone is 1. The summed E-state index contributed by atoms with van der Waals surface area (Å²) in [5.41, 5.74) is 6.47. The Balaban J connectivity index is 1.78. The highest BCUT2D eigenvalue weighted by atomic mass is 16.3. The van der Waals surface area contributed by atoms with Gasteiger partial charge in [-0.1, -0.05) is 133 Å². The molecule has 0 spiro atoms. The molecule has 2 nitrogen and oxygen atoms in total. The molecule has 6 aromatic rings. The third-order valence-electron chi connectivity index (χ3n) is 7.55. The zero-order valence-corrected chi connectivity index (χ0v) is 20.7. The highest BCUT2D eigenvalue weighted by Gasteiger charge is 2.52. The van der Waals surface area contributed by atoms with Crippen molar-refractivity contribution in [2.75, 3.05) is 0 Å². The lowest BCUT2D eigenvalue weighted by Gasteiger charge is -2.34. The minimum Gasteiger partial charge on any atom is -0.458 e. The van der Waals surface area contributed by atoms with Crippen molar-refractivity contribution in [3.63, 3.8) is 0 Å². The number of rotatable bonds is 4. The summed E-state index contributed by atoms with van der Waals surface area (Å²) in [5.74, 6) is 0.663. The molecule has 0 fully saturated rings. The van der Waals surface area contributed by atoms with Crippen LogP contribution in [-0.4, -0.2) is 0 Å². The lowest BCUT2D eigenvalue weighted by molar-refractivity contribution is 0.498. The molecule has 1 aliphatic carbocycles. The van der Waals surface area contributed by atoms with Crippen molar-refractivity contribution in [1.82, 2.24) is 0 Å². The van der Waals surface area contributed by atoms with Crippen molar-refractivity contribution in [1.29, 1.82) is 0 Å². The Morgan fingerprint density at radius 1 is 0.500 bits per heavy atom. The number of fused-ring (bicyclic) bond motifs is 2. The lowest BCUT2D eigenvalue weighted by atomic mass is 9.67. The Bertz CT molecular complexity index is 1810. The van der Waals surface area contributed by atoms with Gasteiger partial charge in [0.05, 0.1) is 10.9 Å². The van der Waals surface area contributed by atoms with Gasteiger partial charge in [0.2, 0.25) is 5.43 Å². The van der Waals surface area contributed by atoms with Gasteiger partial charge < -0.3 is 4.42 Å². The average Bonchev–Trinajstić information content (AvgIpc) is 3.31. The maximum Gasteiger partial charge on any atom is 0.200 e. The van der Waals surface area contributed by atoms with Crippen molar-refractivity contribution in [2.45, 2.75) is 5.41 Å². The van der Waals surface area contributed by atoms with E-state index in [1.165, 1.54) is 0 Å². The number of hydrogen-bond donors (Lipinski definition) is 0.